The predicted octanol–water partition coefficient (Wildman–Crippen LogP) is 1.75. The van der Waals surface area contributed by atoms with E-state index in [4.69, 9.17) is 4.74 Å². The lowest BCUT2D eigenvalue weighted by Crippen LogP contribution is -2.39. The largest absolute Gasteiger partial charge is 0.387 e. The standard InChI is InChI=1S/C15H21FN2O3/c1-11(2)10-21-8-7-17-15(20)18-9-14(19)12-3-5-13(16)6-4-12/h3-6,14,19H,1,7-10H2,2H3,(H2,17,18,20). The highest BCUT2D eigenvalue weighted by molar-refractivity contribution is 5.73. The fraction of sp³-hybridized carbons (Fsp3) is 0.400. The Morgan fingerprint density at radius 3 is 2.67 bits per heavy atom. The van der Waals surface area contributed by atoms with Gasteiger partial charge in [-0.25, -0.2) is 9.18 Å². The summed E-state index contributed by atoms with van der Waals surface area (Å²) in [7, 11) is 0. The first-order valence-electron chi connectivity index (χ1n) is 6.66. The summed E-state index contributed by atoms with van der Waals surface area (Å²) in [6.07, 6.45) is -0.879. The van der Waals surface area contributed by atoms with E-state index in [1.54, 1.807) is 0 Å². The Kier molecular flexibility index (Phi) is 7.42. The zero-order valence-corrected chi connectivity index (χ0v) is 12.1. The van der Waals surface area contributed by atoms with Crippen LogP contribution in [-0.4, -0.2) is 37.4 Å². The number of amides is 2. The van der Waals surface area contributed by atoms with E-state index in [-0.39, 0.29) is 12.4 Å². The first-order valence-corrected chi connectivity index (χ1v) is 6.66. The number of rotatable bonds is 8. The monoisotopic (exact) mass is 296 g/mol. The molecule has 1 aromatic carbocycles. The fourth-order valence-corrected chi connectivity index (χ4v) is 1.54. The SMILES string of the molecule is C=C(C)COCCNC(=O)NCC(O)c1ccc(F)cc1. The number of carbonyl (C=O) groups is 1. The number of hydrogen-bond acceptors (Lipinski definition) is 3. The highest BCUT2D eigenvalue weighted by atomic mass is 19.1. The summed E-state index contributed by atoms with van der Waals surface area (Å²) < 4.78 is 18.0. The van der Waals surface area contributed by atoms with Crippen molar-refractivity contribution in [2.45, 2.75) is 13.0 Å². The Bertz CT molecular complexity index is 462. The van der Waals surface area contributed by atoms with Gasteiger partial charge in [0.2, 0.25) is 0 Å². The van der Waals surface area contributed by atoms with Crippen molar-refractivity contribution in [2.24, 2.45) is 0 Å². The van der Waals surface area contributed by atoms with Crippen LogP contribution in [0, 0.1) is 5.82 Å². The van der Waals surface area contributed by atoms with Gasteiger partial charge in [-0.3, -0.25) is 0 Å². The van der Waals surface area contributed by atoms with Crippen LogP contribution in [0.15, 0.2) is 36.4 Å². The summed E-state index contributed by atoms with van der Waals surface area (Å²) >= 11 is 0. The van der Waals surface area contributed by atoms with Crippen molar-refractivity contribution >= 4 is 6.03 Å². The van der Waals surface area contributed by atoms with E-state index < -0.39 is 12.1 Å². The van der Waals surface area contributed by atoms with Gasteiger partial charge in [0.25, 0.3) is 0 Å². The number of benzene rings is 1. The van der Waals surface area contributed by atoms with Crippen molar-refractivity contribution in [1.82, 2.24) is 10.6 Å². The Morgan fingerprint density at radius 2 is 2.05 bits per heavy atom. The highest BCUT2D eigenvalue weighted by Gasteiger charge is 2.09. The smallest absolute Gasteiger partial charge is 0.314 e. The molecule has 1 aromatic rings. The Hall–Kier alpha value is -1.92. The molecule has 0 saturated heterocycles. The van der Waals surface area contributed by atoms with Gasteiger partial charge in [-0.05, 0) is 24.6 Å². The van der Waals surface area contributed by atoms with Crippen LogP contribution in [0.4, 0.5) is 9.18 Å². The lowest BCUT2D eigenvalue weighted by Gasteiger charge is -2.13. The molecular formula is C15H21FN2O3. The van der Waals surface area contributed by atoms with Gasteiger partial charge in [0.1, 0.15) is 5.82 Å². The van der Waals surface area contributed by atoms with E-state index in [9.17, 15) is 14.3 Å². The fourth-order valence-electron chi connectivity index (χ4n) is 1.54. The molecule has 0 aliphatic rings. The van der Waals surface area contributed by atoms with Crippen LogP contribution < -0.4 is 10.6 Å². The molecule has 6 heteroatoms. The van der Waals surface area contributed by atoms with Gasteiger partial charge < -0.3 is 20.5 Å². The lowest BCUT2D eigenvalue weighted by atomic mass is 10.1. The molecule has 1 rings (SSSR count). The zero-order valence-electron chi connectivity index (χ0n) is 12.1. The normalized spacial score (nSPS) is 11.8. The van der Waals surface area contributed by atoms with Crippen LogP contribution in [0.2, 0.25) is 0 Å². The third-order valence-corrected chi connectivity index (χ3v) is 2.59. The van der Waals surface area contributed by atoms with Crippen LogP contribution in [0.3, 0.4) is 0 Å². The number of urea groups is 1. The molecular weight excluding hydrogens is 275 g/mol. The summed E-state index contributed by atoms with van der Waals surface area (Å²) in [5, 5.41) is 15.0. The molecule has 0 heterocycles. The minimum absolute atomic E-state index is 0.0457. The van der Waals surface area contributed by atoms with Crippen LogP contribution in [-0.2, 0) is 4.74 Å². The second kappa shape index (κ2) is 9.10. The Morgan fingerprint density at radius 1 is 1.38 bits per heavy atom. The van der Waals surface area contributed by atoms with Crippen LogP contribution in [0.1, 0.15) is 18.6 Å². The predicted molar refractivity (Wildman–Crippen MR) is 78.4 cm³/mol. The van der Waals surface area contributed by atoms with E-state index in [2.05, 4.69) is 17.2 Å². The molecule has 21 heavy (non-hydrogen) atoms. The van der Waals surface area contributed by atoms with Gasteiger partial charge in [0.15, 0.2) is 0 Å². The maximum absolute atomic E-state index is 12.7. The summed E-state index contributed by atoms with van der Waals surface area (Å²) in [4.78, 5) is 11.5. The average Bonchev–Trinajstić information content (AvgIpc) is 2.44. The maximum atomic E-state index is 12.7. The van der Waals surface area contributed by atoms with Crippen LogP contribution >= 0.6 is 0 Å². The molecule has 0 saturated carbocycles. The van der Waals surface area contributed by atoms with Gasteiger partial charge in [0.05, 0.1) is 19.3 Å². The van der Waals surface area contributed by atoms with Gasteiger partial charge in [-0.2, -0.15) is 0 Å². The third-order valence-electron chi connectivity index (χ3n) is 2.59. The van der Waals surface area contributed by atoms with Gasteiger partial charge in [-0.15, -0.1) is 0 Å². The second-order valence-electron chi connectivity index (χ2n) is 4.71. The maximum Gasteiger partial charge on any atom is 0.314 e. The number of hydrogen-bond donors (Lipinski definition) is 3. The van der Waals surface area contributed by atoms with E-state index in [0.717, 1.165) is 5.57 Å². The molecule has 3 N–H and O–H groups in total. The molecule has 0 fully saturated rings. The third kappa shape index (κ3) is 7.43. The van der Waals surface area contributed by atoms with Gasteiger partial charge in [-0.1, -0.05) is 24.3 Å². The van der Waals surface area contributed by atoms with E-state index in [0.29, 0.717) is 25.3 Å². The number of ether oxygens (including phenoxy) is 1. The summed E-state index contributed by atoms with van der Waals surface area (Å²) in [5.74, 6) is -0.369. The van der Waals surface area contributed by atoms with Gasteiger partial charge >= 0.3 is 6.03 Å². The molecule has 0 aliphatic heterocycles. The van der Waals surface area contributed by atoms with Crippen molar-refractivity contribution in [1.29, 1.82) is 0 Å². The van der Waals surface area contributed by atoms with Crippen LogP contribution in [0.5, 0.6) is 0 Å². The topological polar surface area (TPSA) is 70.6 Å². The minimum atomic E-state index is -0.879. The van der Waals surface area contributed by atoms with Crippen LogP contribution in [0.25, 0.3) is 0 Å². The molecule has 0 spiro atoms. The first-order chi connectivity index (χ1) is 9.99. The summed E-state index contributed by atoms with van der Waals surface area (Å²) in [6.45, 7) is 6.82. The van der Waals surface area contributed by atoms with Crippen molar-refractivity contribution < 1.29 is 19.0 Å². The molecule has 0 aliphatic carbocycles. The molecule has 1 unspecified atom stereocenters. The molecule has 0 aromatic heterocycles. The summed E-state index contributed by atoms with van der Waals surface area (Å²) in [6, 6.07) is 5.08. The van der Waals surface area contributed by atoms with Crippen molar-refractivity contribution in [3.05, 3.63) is 47.8 Å². The molecule has 116 valence electrons. The van der Waals surface area contributed by atoms with Crippen molar-refractivity contribution in [2.75, 3.05) is 26.3 Å². The van der Waals surface area contributed by atoms with E-state index >= 15 is 0 Å². The number of aliphatic hydroxyl groups is 1. The van der Waals surface area contributed by atoms with E-state index in [1.165, 1.54) is 24.3 Å². The molecule has 1 atom stereocenters. The lowest BCUT2D eigenvalue weighted by molar-refractivity contribution is 0.155. The minimum Gasteiger partial charge on any atom is -0.387 e. The number of carbonyl (C=O) groups excluding carboxylic acids is 1. The quantitative estimate of drug-likeness (QED) is 0.505. The highest BCUT2D eigenvalue weighted by Crippen LogP contribution is 2.12. The molecule has 2 amide bonds. The average molecular weight is 296 g/mol. The van der Waals surface area contributed by atoms with E-state index in [1.807, 2.05) is 6.92 Å². The molecule has 0 radical (unpaired) electrons. The Labute approximate surface area is 123 Å². The zero-order chi connectivity index (χ0) is 15.7. The number of aliphatic hydroxyl groups excluding tert-OH is 1. The summed E-state index contributed by atoms with van der Waals surface area (Å²) in [5.41, 5.74) is 1.46. The Balaban J connectivity index is 2.17. The second-order valence-corrected chi connectivity index (χ2v) is 4.71. The number of halogens is 1. The van der Waals surface area contributed by atoms with Gasteiger partial charge in [0, 0.05) is 13.1 Å². The molecule has 5 nitrogen and oxygen atoms in total. The molecule has 0 bridgehead atoms. The van der Waals surface area contributed by atoms with Crippen molar-refractivity contribution in [3.8, 4) is 0 Å². The number of nitrogens with one attached hydrogen (secondary N) is 2. The first kappa shape index (κ1) is 17.1. The van der Waals surface area contributed by atoms with Crippen molar-refractivity contribution in [3.63, 3.8) is 0 Å².